The Morgan fingerprint density at radius 3 is 2.90 bits per heavy atom. The lowest BCUT2D eigenvalue weighted by Crippen LogP contribution is -2.34. The van der Waals surface area contributed by atoms with Crippen molar-refractivity contribution in [3.8, 4) is 5.75 Å². The molecule has 21 heavy (non-hydrogen) atoms. The quantitative estimate of drug-likeness (QED) is 0.868. The molecule has 0 aliphatic carbocycles. The second kappa shape index (κ2) is 8.40. The van der Waals surface area contributed by atoms with Gasteiger partial charge < -0.3 is 15.0 Å². The molecule has 0 aromatic heterocycles. The van der Waals surface area contributed by atoms with Crippen molar-refractivity contribution in [2.45, 2.75) is 38.6 Å². The summed E-state index contributed by atoms with van der Waals surface area (Å²) >= 11 is 0. The maximum atomic E-state index is 5.35. The van der Waals surface area contributed by atoms with Gasteiger partial charge in [0.05, 0.1) is 7.11 Å². The number of hydrogen-bond acceptors (Lipinski definition) is 3. The maximum Gasteiger partial charge on any atom is 0.119 e. The Hall–Kier alpha value is -1.06. The van der Waals surface area contributed by atoms with E-state index in [-0.39, 0.29) is 0 Å². The average molecular weight is 290 g/mol. The molecular formula is C18H30N2O. The number of likely N-dealkylation sites (N-methyl/N-ethyl adjacent to an activating group) is 1. The molecule has 2 rings (SSSR count). The van der Waals surface area contributed by atoms with Crippen molar-refractivity contribution in [2.24, 2.45) is 5.92 Å². The molecule has 1 fully saturated rings. The highest BCUT2D eigenvalue weighted by molar-refractivity contribution is 5.30. The molecule has 1 saturated heterocycles. The first kappa shape index (κ1) is 16.3. The summed E-state index contributed by atoms with van der Waals surface area (Å²) in [6, 6.07) is 8.80. The Morgan fingerprint density at radius 1 is 1.33 bits per heavy atom. The minimum Gasteiger partial charge on any atom is -0.497 e. The first-order chi connectivity index (χ1) is 10.3. The highest BCUT2D eigenvalue weighted by Gasteiger charge is 2.19. The van der Waals surface area contributed by atoms with Gasteiger partial charge in [-0.3, -0.25) is 0 Å². The Balaban J connectivity index is 1.98. The second-order valence-corrected chi connectivity index (χ2v) is 6.12. The Morgan fingerprint density at radius 2 is 2.19 bits per heavy atom. The smallest absolute Gasteiger partial charge is 0.119 e. The van der Waals surface area contributed by atoms with Gasteiger partial charge in [0.2, 0.25) is 0 Å². The van der Waals surface area contributed by atoms with Crippen molar-refractivity contribution < 1.29 is 4.74 Å². The SMILES string of the molecule is CCC1CCCN(CC(NC)c2cccc(OC)c2)CC1. The maximum absolute atomic E-state index is 5.35. The fraction of sp³-hybridized carbons (Fsp3) is 0.667. The normalized spacial score (nSPS) is 21.8. The van der Waals surface area contributed by atoms with Crippen LogP contribution >= 0.6 is 0 Å². The molecule has 118 valence electrons. The number of nitrogens with one attached hydrogen (secondary N) is 1. The van der Waals surface area contributed by atoms with E-state index in [1.54, 1.807) is 7.11 Å². The summed E-state index contributed by atoms with van der Waals surface area (Å²) in [6.45, 7) is 5.88. The molecule has 1 aromatic rings. The molecule has 0 bridgehead atoms. The fourth-order valence-corrected chi connectivity index (χ4v) is 3.30. The van der Waals surface area contributed by atoms with E-state index < -0.39 is 0 Å². The van der Waals surface area contributed by atoms with Crippen LogP contribution in [0, 0.1) is 5.92 Å². The van der Waals surface area contributed by atoms with Crippen molar-refractivity contribution in [1.29, 1.82) is 0 Å². The molecule has 1 aliphatic heterocycles. The van der Waals surface area contributed by atoms with Crippen LogP contribution in [0.25, 0.3) is 0 Å². The van der Waals surface area contributed by atoms with Gasteiger partial charge in [0.1, 0.15) is 5.75 Å². The molecular weight excluding hydrogens is 260 g/mol. The topological polar surface area (TPSA) is 24.5 Å². The zero-order valence-corrected chi connectivity index (χ0v) is 13.8. The Kier molecular flexibility index (Phi) is 6.52. The lowest BCUT2D eigenvalue weighted by molar-refractivity contribution is 0.251. The number of benzene rings is 1. The number of hydrogen-bond donors (Lipinski definition) is 1. The lowest BCUT2D eigenvalue weighted by atomic mass is 9.98. The largest absolute Gasteiger partial charge is 0.497 e. The summed E-state index contributed by atoms with van der Waals surface area (Å²) in [4.78, 5) is 2.62. The summed E-state index contributed by atoms with van der Waals surface area (Å²) in [6.07, 6.45) is 5.42. The van der Waals surface area contributed by atoms with Crippen LogP contribution in [0.4, 0.5) is 0 Å². The molecule has 0 radical (unpaired) electrons. The molecule has 3 heteroatoms. The van der Waals surface area contributed by atoms with Gasteiger partial charge in [0, 0.05) is 12.6 Å². The third-order valence-corrected chi connectivity index (χ3v) is 4.80. The molecule has 1 N–H and O–H groups in total. The van der Waals surface area contributed by atoms with E-state index >= 15 is 0 Å². The van der Waals surface area contributed by atoms with Gasteiger partial charge >= 0.3 is 0 Å². The van der Waals surface area contributed by atoms with Crippen molar-refractivity contribution in [3.63, 3.8) is 0 Å². The van der Waals surface area contributed by atoms with E-state index in [4.69, 9.17) is 4.74 Å². The molecule has 0 spiro atoms. The number of ether oxygens (including phenoxy) is 1. The van der Waals surface area contributed by atoms with Gasteiger partial charge in [-0.25, -0.2) is 0 Å². The van der Waals surface area contributed by atoms with Crippen molar-refractivity contribution >= 4 is 0 Å². The van der Waals surface area contributed by atoms with E-state index in [1.807, 2.05) is 6.07 Å². The van der Waals surface area contributed by atoms with Crippen LogP contribution in [0.15, 0.2) is 24.3 Å². The molecule has 2 atom stereocenters. The van der Waals surface area contributed by atoms with Crippen molar-refractivity contribution in [2.75, 3.05) is 33.8 Å². The number of methoxy groups -OCH3 is 1. The van der Waals surface area contributed by atoms with Crippen molar-refractivity contribution in [1.82, 2.24) is 10.2 Å². The van der Waals surface area contributed by atoms with Crippen molar-refractivity contribution in [3.05, 3.63) is 29.8 Å². The minimum atomic E-state index is 0.373. The third-order valence-electron chi connectivity index (χ3n) is 4.80. The molecule has 0 saturated carbocycles. The highest BCUT2D eigenvalue weighted by atomic mass is 16.5. The Labute approximate surface area is 129 Å². The third kappa shape index (κ3) is 4.72. The van der Waals surface area contributed by atoms with E-state index in [0.717, 1.165) is 18.2 Å². The molecule has 0 amide bonds. The first-order valence-electron chi connectivity index (χ1n) is 8.30. The van der Waals surface area contributed by atoms with Crippen LogP contribution < -0.4 is 10.1 Å². The predicted molar refractivity (Wildman–Crippen MR) is 88.9 cm³/mol. The standard InChI is InChI=1S/C18H30N2O/c1-4-15-7-6-11-20(12-10-15)14-18(19-2)16-8-5-9-17(13-16)21-3/h5,8-9,13,15,18-19H,4,6-7,10-12,14H2,1-3H3. The molecule has 1 heterocycles. The van der Waals surface area contributed by atoms with Crippen LogP contribution in [-0.4, -0.2) is 38.7 Å². The zero-order valence-electron chi connectivity index (χ0n) is 13.8. The van der Waals surface area contributed by atoms with Gasteiger partial charge in [-0.2, -0.15) is 0 Å². The first-order valence-corrected chi connectivity index (χ1v) is 8.30. The second-order valence-electron chi connectivity index (χ2n) is 6.12. The number of likely N-dealkylation sites (tertiary alicyclic amines) is 1. The lowest BCUT2D eigenvalue weighted by Gasteiger charge is -2.26. The average Bonchev–Trinajstić information content (AvgIpc) is 2.77. The predicted octanol–water partition coefficient (Wildman–Crippen LogP) is 3.47. The van der Waals surface area contributed by atoms with Crippen LogP contribution in [0.5, 0.6) is 5.75 Å². The molecule has 2 unspecified atom stereocenters. The molecule has 3 nitrogen and oxygen atoms in total. The summed E-state index contributed by atoms with van der Waals surface area (Å²) in [5.74, 6) is 1.87. The van der Waals surface area contributed by atoms with E-state index in [0.29, 0.717) is 6.04 Å². The van der Waals surface area contributed by atoms with E-state index in [9.17, 15) is 0 Å². The van der Waals surface area contributed by atoms with Gasteiger partial charge in [-0.05, 0) is 63.0 Å². The van der Waals surface area contributed by atoms with E-state index in [2.05, 4.69) is 42.4 Å². The van der Waals surface area contributed by atoms with Gasteiger partial charge in [0.25, 0.3) is 0 Å². The number of nitrogens with zero attached hydrogens (tertiary/aromatic N) is 1. The van der Waals surface area contributed by atoms with Gasteiger partial charge in [-0.15, -0.1) is 0 Å². The summed E-state index contributed by atoms with van der Waals surface area (Å²) in [5.41, 5.74) is 1.31. The van der Waals surface area contributed by atoms with Crippen LogP contribution in [0.2, 0.25) is 0 Å². The molecule has 1 aliphatic rings. The summed E-state index contributed by atoms with van der Waals surface area (Å²) in [7, 11) is 3.78. The Bertz CT molecular complexity index is 421. The summed E-state index contributed by atoms with van der Waals surface area (Å²) in [5, 5.41) is 3.47. The zero-order chi connectivity index (χ0) is 15.1. The van der Waals surface area contributed by atoms with E-state index in [1.165, 1.54) is 44.3 Å². The van der Waals surface area contributed by atoms with Crippen LogP contribution in [0.3, 0.4) is 0 Å². The fourth-order valence-electron chi connectivity index (χ4n) is 3.30. The monoisotopic (exact) mass is 290 g/mol. The van der Waals surface area contributed by atoms with Crippen LogP contribution in [-0.2, 0) is 0 Å². The van der Waals surface area contributed by atoms with Gasteiger partial charge in [-0.1, -0.05) is 25.5 Å². The molecule has 1 aromatic carbocycles. The number of rotatable bonds is 6. The summed E-state index contributed by atoms with van der Waals surface area (Å²) < 4.78 is 5.35. The highest BCUT2D eigenvalue weighted by Crippen LogP contribution is 2.23. The van der Waals surface area contributed by atoms with Gasteiger partial charge in [0.15, 0.2) is 0 Å². The van der Waals surface area contributed by atoms with Crippen LogP contribution in [0.1, 0.15) is 44.2 Å². The minimum absolute atomic E-state index is 0.373.